The van der Waals surface area contributed by atoms with E-state index >= 15 is 0 Å². The fraction of sp³-hybridized carbons (Fsp3) is 0.476. The molecule has 1 aliphatic carbocycles. The van der Waals surface area contributed by atoms with Gasteiger partial charge in [-0.05, 0) is 49.1 Å². The maximum absolute atomic E-state index is 12.9. The van der Waals surface area contributed by atoms with Crippen molar-refractivity contribution in [2.75, 3.05) is 13.1 Å². The van der Waals surface area contributed by atoms with E-state index in [1.165, 1.54) is 18.2 Å². The van der Waals surface area contributed by atoms with E-state index in [9.17, 15) is 4.79 Å². The molecule has 6 heteroatoms. The van der Waals surface area contributed by atoms with Crippen LogP contribution in [-0.2, 0) is 17.8 Å². The molecule has 3 aromatic rings. The second kappa shape index (κ2) is 6.83. The molecule has 3 heterocycles. The molecule has 2 fully saturated rings. The molecule has 5 rings (SSSR count). The normalized spacial score (nSPS) is 20.3. The highest BCUT2D eigenvalue weighted by atomic mass is 16.5. The Morgan fingerprint density at radius 3 is 2.96 bits per heavy atom. The smallest absolute Gasteiger partial charge is 0.242 e. The maximum atomic E-state index is 12.9. The zero-order chi connectivity index (χ0) is 18.2. The van der Waals surface area contributed by atoms with Crippen LogP contribution < -0.4 is 0 Å². The van der Waals surface area contributed by atoms with E-state index in [4.69, 9.17) is 4.52 Å². The highest BCUT2D eigenvalue weighted by Gasteiger charge is 2.30. The minimum atomic E-state index is 0.185. The molecule has 2 aliphatic rings. The van der Waals surface area contributed by atoms with Crippen molar-refractivity contribution in [3.8, 4) is 0 Å². The molecular formula is C21H24N4O2. The van der Waals surface area contributed by atoms with E-state index in [0.29, 0.717) is 18.4 Å². The molecule has 1 amide bonds. The Morgan fingerprint density at radius 2 is 2.07 bits per heavy atom. The number of hydrogen-bond donors (Lipinski definition) is 0. The van der Waals surface area contributed by atoms with Gasteiger partial charge in [-0.3, -0.25) is 4.79 Å². The first-order chi connectivity index (χ1) is 13.3. The highest BCUT2D eigenvalue weighted by molar-refractivity contribution is 5.83. The van der Waals surface area contributed by atoms with Crippen molar-refractivity contribution < 1.29 is 9.32 Å². The van der Waals surface area contributed by atoms with E-state index in [1.54, 1.807) is 0 Å². The zero-order valence-electron chi connectivity index (χ0n) is 15.4. The van der Waals surface area contributed by atoms with Crippen LogP contribution in [0.5, 0.6) is 0 Å². The molecule has 1 atom stereocenters. The molecular weight excluding hydrogens is 340 g/mol. The predicted octanol–water partition coefficient (Wildman–Crippen LogP) is 3.38. The molecule has 0 radical (unpaired) electrons. The SMILES string of the molecule is O=C(Cn1ccc2ccccc21)N1CCCC(Cc2nc(C3CC3)no2)C1. The summed E-state index contributed by atoms with van der Waals surface area (Å²) >= 11 is 0. The summed E-state index contributed by atoms with van der Waals surface area (Å²) in [5, 5.41) is 5.28. The van der Waals surface area contributed by atoms with E-state index in [0.717, 1.165) is 49.6 Å². The zero-order valence-corrected chi connectivity index (χ0v) is 15.4. The van der Waals surface area contributed by atoms with Crippen molar-refractivity contribution >= 4 is 16.8 Å². The van der Waals surface area contributed by atoms with Gasteiger partial charge in [-0.1, -0.05) is 23.4 Å². The number of amides is 1. The van der Waals surface area contributed by atoms with Crippen molar-refractivity contribution in [3.63, 3.8) is 0 Å². The number of carbonyl (C=O) groups excluding carboxylic acids is 1. The first-order valence-electron chi connectivity index (χ1n) is 9.90. The lowest BCUT2D eigenvalue weighted by atomic mass is 9.94. The second-order valence-electron chi connectivity index (χ2n) is 7.88. The summed E-state index contributed by atoms with van der Waals surface area (Å²) in [5.74, 6) is 2.70. The van der Waals surface area contributed by atoms with Gasteiger partial charge in [-0.2, -0.15) is 4.98 Å². The molecule has 1 aromatic carbocycles. The molecule has 6 nitrogen and oxygen atoms in total. The van der Waals surface area contributed by atoms with Gasteiger partial charge in [0.15, 0.2) is 5.82 Å². The number of hydrogen-bond acceptors (Lipinski definition) is 4. The van der Waals surface area contributed by atoms with Gasteiger partial charge >= 0.3 is 0 Å². The van der Waals surface area contributed by atoms with Crippen molar-refractivity contribution in [2.45, 2.75) is 44.6 Å². The third-order valence-corrected chi connectivity index (χ3v) is 5.75. The average Bonchev–Trinajstić information content (AvgIpc) is 3.32. The lowest BCUT2D eigenvalue weighted by molar-refractivity contribution is -0.133. The number of benzene rings is 1. The van der Waals surface area contributed by atoms with Gasteiger partial charge in [0.05, 0.1) is 0 Å². The van der Waals surface area contributed by atoms with Crippen molar-refractivity contribution in [1.82, 2.24) is 19.6 Å². The van der Waals surface area contributed by atoms with Gasteiger partial charge in [-0.25, -0.2) is 0 Å². The molecule has 1 saturated carbocycles. The van der Waals surface area contributed by atoms with E-state index in [-0.39, 0.29) is 5.91 Å². The summed E-state index contributed by atoms with van der Waals surface area (Å²) in [4.78, 5) is 19.4. The van der Waals surface area contributed by atoms with Crippen LogP contribution in [0.2, 0.25) is 0 Å². The standard InChI is InChI=1S/C21H24N4O2/c26-20(14-24-11-9-16-5-1-2-6-18(16)24)25-10-3-4-15(13-25)12-19-22-21(23-27-19)17-7-8-17/h1-2,5-6,9,11,15,17H,3-4,7-8,10,12-14H2. The van der Waals surface area contributed by atoms with Crippen LogP contribution in [0, 0.1) is 5.92 Å². The molecule has 140 valence electrons. The minimum absolute atomic E-state index is 0.185. The maximum Gasteiger partial charge on any atom is 0.242 e. The summed E-state index contributed by atoms with van der Waals surface area (Å²) in [6.45, 7) is 2.01. The van der Waals surface area contributed by atoms with Crippen LogP contribution >= 0.6 is 0 Å². The number of carbonyl (C=O) groups is 1. The third-order valence-electron chi connectivity index (χ3n) is 5.75. The number of aromatic nitrogens is 3. The Kier molecular flexibility index (Phi) is 4.19. The molecule has 27 heavy (non-hydrogen) atoms. The van der Waals surface area contributed by atoms with Gasteiger partial charge in [0.2, 0.25) is 11.8 Å². The number of rotatable bonds is 5. The fourth-order valence-corrected chi connectivity index (χ4v) is 4.09. The van der Waals surface area contributed by atoms with Gasteiger partial charge in [0.1, 0.15) is 6.54 Å². The quantitative estimate of drug-likeness (QED) is 0.696. The van der Waals surface area contributed by atoms with Crippen LogP contribution in [-0.4, -0.2) is 38.6 Å². The van der Waals surface area contributed by atoms with Crippen molar-refractivity contribution in [1.29, 1.82) is 0 Å². The van der Waals surface area contributed by atoms with Crippen LogP contribution in [0.15, 0.2) is 41.1 Å². The number of piperidine rings is 1. The summed E-state index contributed by atoms with van der Waals surface area (Å²) in [5.41, 5.74) is 1.11. The average molecular weight is 364 g/mol. The predicted molar refractivity (Wildman–Crippen MR) is 101 cm³/mol. The molecule has 1 aliphatic heterocycles. The molecule has 1 saturated heterocycles. The van der Waals surface area contributed by atoms with Gasteiger partial charge in [-0.15, -0.1) is 0 Å². The Morgan fingerprint density at radius 1 is 1.19 bits per heavy atom. The van der Waals surface area contributed by atoms with Crippen molar-refractivity contribution in [2.24, 2.45) is 5.92 Å². The molecule has 2 aromatic heterocycles. The van der Waals surface area contributed by atoms with Crippen LogP contribution in [0.25, 0.3) is 10.9 Å². The van der Waals surface area contributed by atoms with E-state index in [2.05, 4.69) is 28.3 Å². The van der Waals surface area contributed by atoms with Crippen LogP contribution in [0.4, 0.5) is 0 Å². The number of nitrogens with zero attached hydrogens (tertiary/aromatic N) is 4. The van der Waals surface area contributed by atoms with Gasteiger partial charge in [0.25, 0.3) is 0 Å². The number of fused-ring (bicyclic) bond motifs is 1. The minimum Gasteiger partial charge on any atom is -0.341 e. The Bertz CT molecular complexity index is 956. The Balaban J connectivity index is 1.22. The summed E-state index contributed by atoms with van der Waals surface area (Å²) in [6.07, 6.45) is 7.28. The monoisotopic (exact) mass is 364 g/mol. The third kappa shape index (κ3) is 3.48. The topological polar surface area (TPSA) is 64.2 Å². The molecule has 0 bridgehead atoms. The van der Waals surface area contributed by atoms with Gasteiger partial charge in [0, 0.05) is 37.1 Å². The molecule has 0 N–H and O–H groups in total. The first-order valence-corrected chi connectivity index (χ1v) is 9.90. The second-order valence-corrected chi connectivity index (χ2v) is 7.88. The number of para-hydroxylation sites is 1. The molecule has 0 spiro atoms. The Labute approximate surface area is 158 Å². The fourth-order valence-electron chi connectivity index (χ4n) is 4.09. The Hall–Kier alpha value is -2.63. The summed E-state index contributed by atoms with van der Waals surface area (Å²) in [7, 11) is 0. The lowest BCUT2D eigenvalue weighted by Gasteiger charge is -2.32. The van der Waals surface area contributed by atoms with Crippen LogP contribution in [0.1, 0.15) is 43.3 Å². The van der Waals surface area contributed by atoms with Crippen LogP contribution in [0.3, 0.4) is 0 Å². The number of likely N-dealkylation sites (tertiary alicyclic amines) is 1. The highest BCUT2D eigenvalue weighted by Crippen LogP contribution is 2.38. The first kappa shape index (κ1) is 16.5. The summed E-state index contributed by atoms with van der Waals surface area (Å²) in [6, 6.07) is 10.2. The summed E-state index contributed by atoms with van der Waals surface area (Å²) < 4.78 is 7.47. The van der Waals surface area contributed by atoms with Crippen molar-refractivity contribution in [3.05, 3.63) is 48.2 Å². The van der Waals surface area contributed by atoms with Gasteiger partial charge < -0.3 is 14.0 Å². The van der Waals surface area contributed by atoms with E-state index < -0.39 is 0 Å². The lowest BCUT2D eigenvalue weighted by Crippen LogP contribution is -2.42. The largest absolute Gasteiger partial charge is 0.341 e. The molecule has 1 unspecified atom stereocenters. The van der Waals surface area contributed by atoms with E-state index in [1.807, 2.05) is 27.8 Å².